The van der Waals surface area contributed by atoms with Crippen LogP contribution in [0.25, 0.3) is 0 Å². The van der Waals surface area contributed by atoms with E-state index in [1.807, 2.05) is 10.9 Å². The summed E-state index contributed by atoms with van der Waals surface area (Å²) in [6, 6.07) is 0. The summed E-state index contributed by atoms with van der Waals surface area (Å²) >= 11 is 5.67. The molecule has 1 aromatic heterocycles. The SMILES string of the molecule is CN1CCN(CCn2cc(CCCl)nn2)CC1. The second-order valence-electron chi connectivity index (χ2n) is 4.56. The number of alkyl halides is 1. The maximum Gasteiger partial charge on any atom is 0.0839 e. The Morgan fingerprint density at radius 1 is 1.24 bits per heavy atom. The summed E-state index contributed by atoms with van der Waals surface area (Å²) in [4.78, 5) is 4.84. The third-order valence-corrected chi connectivity index (χ3v) is 3.37. The quantitative estimate of drug-likeness (QED) is 0.712. The normalized spacial score (nSPS) is 18.7. The molecule has 0 amide bonds. The first-order chi connectivity index (χ1) is 8.28. The standard InChI is InChI=1S/C11H20ClN5/c1-15-4-6-16(7-5-15)8-9-17-10-11(2-3-12)13-14-17/h10H,2-9H2,1H3. The Morgan fingerprint density at radius 2 is 2.00 bits per heavy atom. The highest BCUT2D eigenvalue weighted by Crippen LogP contribution is 2.00. The molecule has 1 aromatic rings. The lowest BCUT2D eigenvalue weighted by molar-refractivity contribution is 0.148. The predicted molar refractivity (Wildman–Crippen MR) is 68.4 cm³/mol. The zero-order valence-corrected chi connectivity index (χ0v) is 11.1. The van der Waals surface area contributed by atoms with E-state index in [-0.39, 0.29) is 0 Å². The fourth-order valence-electron chi connectivity index (χ4n) is 1.97. The molecule has 0 radical (unpaired) electrons. The van der Waals surface area contributed by atoms with Crippen molar-refractivity contribution in [1.82, 2.24) is 24.8 Å². The molecule has 2 rings (SSSR count). The summed E-state index contributed by atoms with van der Waals surface area (Å²) in [6.07, 6.45) is 2.80. The number of likely N-dealkylation sites (N-methyl/N-ethyl adjacent to an activating group) is 1. The van der Waals surface area contributed by atoms with Crippen LogP contribution in [0.5, 0.6) is 0 Å². The van der Waals surface area contributed by atoms with Gasteiger partial charge < -0.3 is 4.90 Å². The highest BCUT2D eigenvalue weighted by Gasteiger charge is 2.13. The molecule has 0 N–H and O–H groups in total. The van der Waals surface area contributed by atoms with Gasteiger partial charge in [0.05, 0.1) is 12.2 Å². The van der Waals surface area contributed by atoms with Gasteiger partial charge in [0.25, 0.3) is 0 Å². The van der Waals surface area contributed by atoms with Gasteiger partial charge in [-0.1, -0.05) is 5.21 Å². The minimum atomic E-state index is 0.608. The van der Waals surface area contributed by atoms with Crippen molar-refractivity contribution in [2.24, 2.45) is 0 Å². The van der Waals surface area contributed by atoms with E-state index in [0.717, 1.165) is 51.4 Å². The zero-order valence-electron chi connectivity index (χ0n) is 10.3. The number of aryl methyl sites for hydroxylation is 1. The zero-order chi connectivity index (χ0) is 12.1. The first-order valence-electron chi connectivity index (χ1n) is 6.14. The van der Waals surface area contributed by atoms with Gasteiger partial charge in [-0.15, -0.1) is 16.7 Å². The van der Waals surface area contributed by atoms with E-state index >= 15 is 0 Å². The third kappa shape index (κ3) is 3.94. The summed E-state index contributed by atoms with van der Waals surface area (Å²) in [7, 11) is 2.17. The van der Waals surface area contributed by atoms with Gasteiger partial charge in [0.1, 0.15) is 0 Å². The van der Waals surface area contributed by atoms with Crippen molar-refractivity contribution >= 4 is 11.6 Å². The van der Waals surface area contributed by atoms with E-state index in [0.29, 0.717) is 5.88 Å². The average molecular weight is 258 g/mol. The van der Waals surface area contributed by atoms with Crippen molar-refractivity contribution < 1.29 is 0 Å². The summed E-state index contributed by atoms with van der Waals surface area (Å²) < 4.78 is 1.92. The fourth-order valence-corrected chi connectivity index (χ4v) is 2.17. The van der Waals surface area contributed by atoms with Crippen LogP contribution in [0.2, 0.25) is 0 Å². The lowest BCUT2D eigenvalue weighted by atomic mass is 10.3. The molecule has 0 aliphatic carbocycles. The predicted octanol–water partition coefficient (Wildman–Crippen LogP) is 0.307. The second kappa shape index (κ2) is 6.33. The van der Waals surface area contributed by atoms with Gasteiger partial charge in [0.15, 0.2) is 0 Å². The number of halogens is 1. The van der Waals surface area contributed by atoms with E-state index in [1.54, 1.807) is 0 Å². The van der Waals surface area contributed by atoms with E-state index in [9.17, 15) is 0 Å². The Hall–Kier alpha value is -0.650. The molecule has 17 heavy (non-hydrogen) atoms. The molecular formula is C11H20ClN5. The highest BCUT2D eigenvalue weighted by molar-refractivity contribution is 6.17. The van der Waals surface area contributed by atoms with Crippen molar-refractivity contribution in [2.45, 2.75) is 13.0 Å². The average Bonchev–Trinajstić information content (AvgIpc) is 2.77. The fraction of sp³-hybridized carbons (Fsp3) is 0.818. The Labute approximate surface area is 107 Å². The minimum absolute atomic E-state index is 0.608. The van der Waals surface area contributed by atoms with Crippen LogP contribution in [0.1, 0.15) is 5.69 Å². The first-order valence-corrected chi connectivity index (χ1v) is 6.67. The molecule has 0 atom stereocenters. The van der Waals surface area contributed by atoms with Gasteiger partial charge in [0, 0.05) is 51.2 Å². The molecule has 5 nitrogen and oxygen atoms in total. The lowest BCUT2D eigenvalue weighted by Crippen LogP contribution is -2.45. The number of piperazine rings is 1. The van der Waals surface area contributed by atoms with E-state index < -0.39 is 0 Å². The van der Waals surface area contributed by atoms with Crippen LogP contribution in [0, 0.1) is 0 Å². The van der Waals surface area contributed by atoms with Crippen molar-refractivity contribution in [2.75, 3.05) is 45.7 Å². The Morgan fingerprint density at radius 3 is 2.71 bits per heavy atom. The maximum atomic E-state index is 5.67. The van der Waals surface area contributed by atoms with Crippen molar-refractivity contribution in [3.63, 3.8) is 0 Å². The number of hydrogen-bond donors (Lipinski definition) is 0. The molecule has 0 saturated carbocycles. The molecule has 0 bridgehead atoms. The van der Waals surface area contributed by atoms with Gasteiger partial charge in [-0.3, -0.25) is 9.58 Å². The molecule has 6 heteroatoms. The van der Waals surface area contributed by atoms with Crippen LogP contribution in [-0.2, 0) is 13.0 Å². The van der Waals surface area contributed by atoms with E-state index in [1.165, 1.54) is 0 Å². The van der Waals surface area contributed by atoms with Crippen LogP contribution < -0.4 is 0 Å². The lowest BCUT2D eigenvalue weighted by Gasteiger charge is -2.32. The maximum absolute atomic E-state index is 5.67. The second-order valence-corrected chi connectivity index (χ2v) is 4.93. The van der Waals surface area contributed by atoms with Gasteiger partial charge >= 0.3 is 0 Å². The number of hydrogen-bond acceptors (Lipinski definition) is 4. The van der Waals surface area contributed by atoms with E-state index in [2.05, 4.69) is 27.2 Å². The Balaban J connectivity index is 1.73. The summed E-state index contributed by atoms with van der Waals surface area (Å²) in [6.45, 7) is 6.60. The van der Waals surface area contributed by atoms with Crippen molar-refractivity contribution in [1.29, 1.82) is 0 Å². The van der Waals surface area contributed by atoms with Crippen LogP contribution in [0.3, 0.4) is 0 Å². The van der Waals surface area contributed by atoms with E-state index in [4.69, 9.17) is 11.6 Å². The van der Waals surface area contributed by atoms with Crippen LogP contribution in [0.4, 0.5) is 0 Å². The molecule has 1 aliphatic rings. The molecule has 1 aliphatic heterocycles. The van der Waals surface area contributed by atoms with Gasteiger partial charge in [-0.05, 0) is 7.05 Å². The summed E-state index contributed by atoms with van der Waals surface area (Å²) in [5, 5.41) is 8.19. The Kier molecular flexibility index (Phi) is 4.76. The van der Waals surface area contributed by atoms with Gasteiger partial charge in [-0.2, -0.15) is 0 Å². The third-order valence-electron chi connectivity index (χ3n) is 3.18. The number of rotatable bonds is 5. The monoisotopic (exact) mass is 257 g/mol. The highest BCUT2D eigenvalue weighted by atomic mass is 35.5. The van der Waals surface area contributed by atoms with Crippen molar-refractivity contribution in [3.05, 3.63) is 11.9 Å². The number of nitrogens with zero attached hydrogens (tertiary/aromatic N) is 5. The summed E-state index contributed by atoms with van der Waals surface area (Å²) in [5.74, 6) is 0.608. The molecule has 0 spiro atoms. The first kappa shape index (κ1) is 12.8. The number of aromatic nitrogens is 3. The largest absolute Gasteiger partial charge is 0.304 e. The van der Waals surface area contributed by atoms with Gasteiger partial charge in [0.2, 0.25) is 0 Å². The molecule has 1 saturated heterocycles. The Bertz CT molecular complexity index is 332. The molecule has 0 aromatic carbocycles. The smallest absolute Gasteiger partial charge is 0.0839 e. The molecule has 1 fully saturated rings. The molecule has 0 unspecified atom stereocenters. The molecular weight excluding hydrogens is 238 g/mol. The topological polar surface area (TPSA) is 37.2 Å². The summed E-state index contributed by atoms with van der Waals surface area (Å²) in [5.41, 5.74) is 0.985. The van der Waals surface area contributed by atoms with Crippen LogP contribution in [0.15, 0.2) is 6.20 Å². The minimum Gasteiger partial charge on any atom is -0.304 e. The molecule has 96 valence electrons. The van der Waals surface area contributed by atoms with Crippen LogP contribution in [-0.4, -0.2) is 70.4 Å². The van der Waals surface area contributed by atoms with Crippen LogP contribution >= 0.6 is 11.6 Å². The van der Waals surface area contributed by atoms with Gasteiger partial charge in [-0.25, -0.2) is 0 Å². The molecule has 2 heterocycles. The van der Waals surface area contributed by atoms with Crippen molar-refractivity contribution in [3.8, 4) is 0 Å².